The predicted molar refractivity (Wildman–Crippen MR) is 129 cm³/mol. The number of para-hydroxylation sites is 1. The van der Waals surface area contributed by atoms with E-state index in [2.05, 4.69) is 24.0 Å². The topological polar surface area (TPSA) is 73.8 Å². The summed E-state index contributed by atoms with van der Waals surface area (Å²) in [4.78, 5) is 22.0. The average molecular weight is 473 g/mol. The lowest BCUT2D eigenvalue weighted by atomic mass is 10.2. The molecule has 0 aliphatic carbocycles. The van der Waals surface area contributed by atoms with Gasteiger partial charge in [0.25, 0.3) is 5.91 Å². The Morgan fingerprint density at radius 1 is 1.06 bits per heavy atom. The first-order chi connectivity index (χ1) is 15.2. The molecular weight excluding hydrogens is 444 g/mol. The van der Waals surface area contributed by atoms with E-state index in [4.69, 9.17) is 4.98 Å². The Kier molecular flexibility index (Phi) is 6.24. The summed E-state index contributed by atoms with van der Waals surface area (Å²) in [6.45, 7) is 8.36. The second-order valence-electron chi connectivity index (χ2n) is 8.34. The first kappa shape index (κ1) is 22.7. The molecule has 2 aromatic carbocycles. The minimum Gasteiger partial charge on any atom is -0.345 e. The molecule has 1 aliphatic rings. The summed E-state index contributed by atoms with van der Waals surface area (Å²) >= 11 is 1.68. The first-order valence-electron chi connectivity index (χ1n) is 10.7. The molecule has 0 radical (unpaired) electrons. The van der Waals surface area contributed by atoms with Crippen molar-refractivity contribution in [2.45, 2.75) is 31.7 Å². The van der Waals surface area contributed by atoms with Gasteiger partial charge >= 0.3 is 0 Å². The SMILES string of the molecule is Cc1cccc2sc(N3CCN(C(=O)c4ccc(S(=O)(=O)N(C)C(C)C)cc4)CC3)nc12. The maximum atomic E-state index is 13.0. The number of anilines is 1. The molecular formula is C23H28N4O3S2. The zero-order valence-electron chi connectivity index (χ0n) is 18.8. The molecule has 0 saturated carbocycles. The van der Waals surface area contributed by atoms with Gasteiger partial charge in [-0.2, -0.15) is 4.31 Å². The Bertz CT molecular complexity index is 1230. The van der Waals surface area contributed by atoms with Crippen LogP contribution < -0.4 is 4.90 Å². The summed E-state index contributed by atoms with van der Waals surface area (Å²) < 4.78 is 27.8. The molecule has 0 unspecified atom stereocenters. The van der Waals surface area contributed by atoms with Crippen molar-refractivity contribution < 1.29 is 13.2 Å². The number of carbonyl (C=O) groups is 1. The molecule has 1 amide bonds. The van der Waals surface area contributed by atoms with Crippen molar-refractivity contribution in [2.24, 2.45) is 0 Å². The minimum atomic E-state index is -3.56. The molecule has 0 bridgehead atoms. The number of thiazole rings is 1. The second kappa shape index (κ2) is 8.80. The van der Waals surface area contributed by atoms with Gasteiger partial charge in [-0.3, -0.25) is 4.79 Å². The van der Waals surface area contributed by atoms with Gasteiger partial charge < -0.3 is 9.80 Å². The third-order valence-electron chi connectivity index (χ3n) is 5.95. The normalized spacial score (nSPS) is 15.2. The maximum absolute atomic E-state index is 13.0. The van der Waals surface area contributed by atoms with Gasteiger partial charge in [-0.25, -0.2) is 13.4 Å². The zero-order valence-corrected chi connectivity index (χ0v) is 20.4. The van der Waals surface area contributed by atoms with E-state index in [0.717, 1.165) is 23.7 Å². The van der Waals surface area contributed by atoms with Crippen molar-refractivity contribution in [3.63, 3.8) is 0 Å². The molecule has 0 spiro atoms. The first-order valence-corrected chi connectivity index (χ1v) is 12.9. The van der Waals surface area contributed by atoms with Crippen LogP contribution >= 0.6 is 11.3 Å². The van der Waals surface area contributed by atoms with Gasteiger partial charge in [0.1, 0.15) is 0 Å². The van der Waals surface area contributed by atoms with Crippen LogP contribution in [0.15, 0.2) is 47.4 Å². The molecule has 32 heavy (non-hydrogen) atoms. The maximum Gasteiger partial charge on any atom is 0.253 e. The van der Waals surface area contributed by atoms with E-state index in [0.29, 0.717) is 18.7 Å². The van der Waals surface area contributed by atoms with Gasteiger partial charge in [0.2, 0.25) is 10.0 Å². The smallest absolute Gasteiger partial charge is 0.253 e. The largest absolute Gasteiger partial charge is 0.345 e. The zero-order chi connectivity index (χ0) is 23.0. The molecule has 3 aromatic rings. The summed E-state index contributed by atoms with van der Waals surface area (Å²) in [6, 6.07) is 12.3. The molecule has 9 heteroatoms. The second-order valence-corrected chi connectivity index (χ2v) is 11.3. The standard InChI is InChI=1S/C23H28N4O3S2/c1-16(2)25(4)32(29,30)19-10-8-18(9-11-19)22(28)26-12-14-27(15-13-26)23-24-21-17(3)6-5-7-20(21)31-23/h5-11,16H,12-15H2,1-4H3. The number of aromatic nitrogens is 1. The number of nitrogens with zero attached hydrogens (tertiary/aromatic N) is 4. The van der Waals surface area contributed by atoms with Crippen LogP contribution in [-0.2, 0) is 10.0 Å². The third kappa shape index (κ3) is 4.24. The van der Waals surface area contributed by atoms with Gasteiger partial charge in [0.05, 0.1) is 15.1 Å². The third-order valence-corrected chi connectivity index (χ3v) is 9.08. The minimum absolute atomic E-state index is 0.0778. The highest BCUT2D eigenvalue weighted by Crippen LogP contribution is 2.31. The lowest BCUT2D eigenvalue weighted by molar-refractivity contribution is 0.0746. The van der Waals surface area contributed by atoms with Crippen molar-refractivity contribution in [2.75, 3.05) is 38.1 Å². The fourth-order valence-electron chi connectivity index (χ4n) is 3.71. The van der Waals surface area contributed by atoms with Gasteiger partial charge in [0.15, 0.2) is 5.13 Å². The van der Waals surface area contributed by atoms with Crippen LogP contribution in [0.3, 0.4) is 0 Å². The van der Waals surface area contributed by atoms with Crippen molar-refractivity contribution in [1.82, 2.24) is 14.2 Å². The number of hydrogen-bond acceptors (Lipinski definition) is 6. The number of benzene rings is 2. The Balaban J connectivity index is 1.42. The van der Waals surface area contributed by atoms with Crippen molar-refractivity contribution in [3.05, 3.63) is 53.6 Å². The molecule has 1 aromatic heterocycles. The van der Waals surface area contributed by atoms with E-state index >= 15 is 0 Å². The average Bonchev–Trinajstić information content (AvgIpc) is 3.24. The van der Waals surface area contributed by atoms with Crippen LogP contribution in [0.25, 0.3) is 10.2 Å². The van der Waals surface area contributed by atoms with Gasteiger partial charge in [-0.05, 0) is 56.7 Å². The Labute approximate surface area is 193 Å². The number of hydrogen-bond donors (Lipinski definition) is 0. The van der Waals surface area contributed by atoms with Crippen molar-refractivity contribution in [1.29, 1.82) is 0 Å². The summed E-state index contributed by atoms with van der Waals surface area (Å²) in [7, 11) is -2.00. The van der Waals surface area contributed by atoms with E-state index in [-0.39, 0.29) is 16.8 Å². The van der Waals surface area contributed by atoms with E-state index < -0.39 is 10.0 Å². The number of aryl methyl sites for hydroxylation is 1. The van der Waals surface area contributed by atoms with Crippen LogP contribution in [0.2, 0.25) is 0 Å². The van der Waals surface area contributed by atoms with E-state index in [1.54, 1.807) is 30.5 Å². The lowest BCUT2D eigenvalue weighted by Crippen LogP contribution is -2.48. The number of sulfonamides is 1. The molecule has 1 fully saturated rings. The van der Waals surface area contributed by atoms with Crippen molar-refractivity contribution in [3.8, 4) is 0 Å². The fourth-order valence-corrected chi connectivity index (χ4v) is 6.17. The van der Waals surface area contributed by atoms with Crippen LogP contribution in [-0.4, -0.2) is 67.8 Å². The Morgan fingerprint density at radius 3 is 2.31 bits per heavy atom. The fraction of sp³-hybridized carbons (Fsp3) is 0.391. The van der Waals surface area contributed by atoms with E-state index in [9.17, 15) is 13.2 Å². The molecule has 1 saturated heterocycles. The number of carbonyl (C=O) groups excluding carboxylic acids is 1. The molecule has 1 aliphatic heterocycles. The number of fused-ring (bicyclic) bond motifs is 1. The molecule has 170 valence electrons. The van der Waals surface area contributed by atoms with Crippen LogP contribution in [0.4, 0.5) is 5.13 Å². The predicted octanol–water partition coefficient (Wildman–Crippen LogP) is 3.60. The summed E-state index contributed by atoms with van der Waals surface area (Å²) in [6.07, 6.45) is 0. The van der Waals surface area contributed by atoms with Crippen LogP contribution in [0, 0.1) is 6.92 Å². The molecule has 0 N–H and O–H groups in total. The molecule has 4 rings (SSSR count). The summed E-state index contributed by atoms with van der Waals surface area (Å²) in [5, 5.41) is 0.991. The molecule has 7 nitrogen and oxygen atoms in total. The van der Waals surface area contributed by atoms with Crippen LogP contribution in [0.5, 0.6) is 0 Å². The highest BCUT2D eigenvalue weighted by atomic mass is 32.2. The van der Waals surface area contributed by atoms with E-state index in [1.165, 1.54) is 26.7 Å². The van der Waals surface area contributed by atoms with Gasteiger partial charge in [0, 0.05) is 44.8 Å². The molecule has 2 heterocycles. The van der Waals surface area contributed by atoms with E-state index in [1.807, 2.05) is 24.8 Å². The number of rotatable bonds is 5. The summed E-state index contributed by atoms with van der Waals surface area (Å²) in [5.41, 5.74) is 2.72. The van der Waals surface area contributed by atoms with Gasteiger partial charge in [-0.15, -0.1) is 0 Å². The molecule has 0 atom stereocenters. The monoisotopic (exact) mass is 472 g/mol. The van der Waals surface area contributed by atoms with Gasteiger partial charge in [-0.1, -0.05) is 23.5 Å². The quantitative estimate of drug-likeness (QED) is 0.567. The van der Waals surface area contributed by atoms with Crippen LogP contribution in [0.1, 0.15) is 29.8 Å². The number of piperazine rings is 1. The van der Waals surface area contributed by atoms with Crippen molar-refractivity contribution >= 4 is 42.6 Å². The lowest BCUT2D eigenvalue weighted by Gasteiger charge is -2.34. The Hall–Kier alpha value is -2.49. The number of amides is 1. The summed E-state index contributed by atoms with van der Waals surface area (Å²) in [5.74, 6) is -0.0778. The highest BCUT2D eigenvalue weighted by Gasteiger charge is 2.26. The highest BCUT2D eigenvalue weighted by molar-refractivity contribution is 7.89. The Morgan fingerprint density at radius 2 is 1.72 bits per heavy atom.